The molecule has 2 aromatic carbocycles. The highest BCUT2D eigenvalue weighted by Crippen LogP contribution is 2.33. The first-order valence-electron chi connectivity index (χ1n) is 13.0. The molecule has 5 rings (SSSR count). The second-order valence-electron chi connectivity index (χ2n) is 10.2. The zero-order valence-electron chi connectivity index (χ0n) is 22.2. The Morgan fingerprint density at radius 3 is 2.45 bits per heavy atom. The van der Waals surface area contributed by atoms with Gasteiger partial charge < -0.3 is 14.2 Å². The lowest BCUT2D eigenvalue weighted by Gasteiger charge is -2.31. The number of fused-ring (bicyclic) bond motifs is 1. The molecule has 0 bridgehead atoms. The summed E-state index contributed by atoms with van der Waals surface area (Å²) in [5, 5.41) is 5.62. The first-order chi connectivity index (χ1) is 17.7. The van der Waals surface area contributed by atoms with Crippen LogP contribution in [0.1, 0.15) is 41.6 Å². The largest absolute Gasteiger partial charge is 0.488 e. The number of aryl methyl sites for hydroxylation is 1. The van der Waals surface area contributed by atoms with E-state index < -0.39 is 0 Å². The average Bonchev–Trinajstić information content (AvgIpc) is 3.32. The molecule has 8 heteroatoms. The highest BCUT2D eigenvalue weighted by atomic mass is 35.5. The van der Waals surface area contributed by atoms with Crippen molar-refractivity contribution >= 4 is 35.8 Å². The van der Waals surface area contributed by atoms with Crippen LogP contribution in [0.4, 0.5) is 0 Å². The van der Waals surface area contributed by atoms with Gasteiger partial charge in [0, 0.05) is 36.4 Å². The monoisotopic (exact) mass is 556 g/mol. The molecule has 0 aliphatic carbocycles. The number of hydrogen-bond donors (Lipinski definition) is 0. The lowest BCUT2D eigenvalue weighted by atomic mass is 9.91. The van der Waals surface area contributed by atoms with E-state index in [2.05, 4.69) is 76.5 Å². The minimum Gasteiger partial charge on any atom is -0.488 e. The number of benzene rings is 2. The number of piperidine rings is 1. The molecule has 2 aromatic heterocycles. The van der Waals surface area contributed by atoms with Gasteiger partial charge in [0.05, 0.1) is 11.3 Å². The highest BCUT2D eigenvalue weighted by Gasteiger charge is 2.22. The molecule has 0 saturated carbocycles. The van der Waals surface area contributed by atoms with Crippen molar-refractivity contribution in [1.29, 1.82) is 0 Å². The van der Waals surface area contributed by atoms with Crippen LogP contribution < -0.4 is 4.74 Å². The molecule has 1 aliphatic rings. The second kappa shape index (κ2) is 14.5. The smallest absolute Gasteiger partial charge is 0.175 e. The Bertz CT molecular complexity index is 1240. The number of halogens is 2. The summed E-state index contributed by atoms with van der Waals surface area (Å²) in [5.74, 6) is 1.58. The Morgan fingerprint density at radius 1 is 0.974 bits per heavy atom. The summed E-state index contributed by atoms with van der Waals surface area (Å²) in [6, 6.07) is 18.9. The lowest BCUT2D eigenvalue weighted by molar-refractivity contribution is 0.172. The van der Waals surface area contributed by atoms with E-state index in [-0.39, 0.29) is 24.8 Å². The van der Waals surface area contributed by atoms with Crippen LogP contribution in [0, 0.1) is 5.92 Å². The topological polar surface area (TPSA) is 54.6 Å². The first-order valence-corrected chi connectivity index (χ1v) is 13.0. The van der Waals surface area contributed by atoms with Crippen molar-refractivity contribution in [2.45, 2.75) is 45.4 Å². The van der Waals surface area contributed by atoms with E-state index in [1.165, 1.54) is 31.5 Å². The Hall–Kier alpha value is -2.64. The van der Waals surface area contributed by atoms with Gasteiger partial charge in [0.25, 0.3) is 0 Å². The Kier molecular flexibility index (Phi) is 11.4. The molecule has 0 N–H and O–H groups in total. The summed E-state index contributed by atoms with van der Waals surface area (Å²) in [7, 11) is 4.12. The fraction of sp³-hybridized carbons (Fsp3) is 0.400. The van der Waals surface area contributed by atoms with Gasteiger partial charge in [0.2, 0.25) is 0 Å². The van der Waals surface area contributed by atoms with E-state index >= 15 is 0 Å². The number of pyridine rings is 1. The summed E-state index contributed by atoms with van der Waals surface area (Å²) in [5.41, 5.74) is 5.41. The molecule has 0 spiro atoms. The molecular formula is C30H38Cl2N4O2. The van der Waals surface area contributed by atoms with Gasteiger partial charge in [0.1, 0.15) is 12.4 Å². The third kappa shape index (κ3) is 7.70. The minimum atomic E-state index is 0. The quantitative estimate of drug-likeness (QED) is 0.220. The van der Waals surface area contributed by atoms with Gasteiger partial charge in [-0.15, -0.1) is 24.8 Å². The van der Waals surface area contributed by atoms with E-state index in [0.717, 1.165) is 65.4 Å². The number of nitrogens with zero attached hydrogens (tertiary/aromatic N) is 4. The normalized spacial score (nSPS) is 14.3. The van der Waals surface area contributed by atoms with Crippen LogP contribution in [-0.2, 0) is 26.1 Å². The minimum absolute atomic E-state index is 0. The highest BCUT2D eigenvalue weighted by molar-refractivity contribution is 5.86. The summed E-state index contributed by atoms with van der Waals surface area (Å²) >= 11 is 0. The van der Waals surface area contributed by atoms with Gasteiger partial charge in [-0.05, 0) is 82.5 Å². The van der Waals surface area contributed by atoms with Crippen LogP contribution in [0.2, 0.25) is 0 Å². The van der Waals surface area contributed by atoms with E-state index in [4.69, 9.17) is 9.26 Å². The molecule has 6 nitrogen and oxygen atoms in total. The molecule has 0 unspecified atom stereocenters. The van der Waals surface area contributed by atoms with Gasteiger partial charge in [-0.2, -0.15) is 0 Å². The van der Waals surface area contributed by atoms with Crippen molar-refractivity contribution in [2.75, 3.05) is 27.2 Å². The molecule has 0 amide bonds. The summed E-state index contributed by atoms with van der Waals surface area (Å²) in [4.78, 5) is 8.90. The van der Waals surface area contributed by atoms with Crippen molar-refractivity contribution in [3.8, 4) is 5.75 Å². The molecule has 1 fully saturated rings. The van der Waals surface area contributed by atoms with E-state index in [9.17, 15) is 0 Å². The van der Waals surface area contributed by atoms with E-state index in [0.29, 0.717) is 6.61 Å². The van der Waals surface area contributed by atoms with Gasteiger partial charge in [-0.3, -0.25) is 9.88 Å². The molecular weight excluding hydrogens is 519 g/mol. The number of hydrogen-bond acceptors (Lipinski definition) is 6. The maximum absolute atomic E-state index is 6.19. The molecule has 38 heavy (non-hydrogen) atoms. The van der Waals surface area contributed by atoms with Gasteiger partial charge in [0.15, 0.2) is 5.58 Å². The maximum Gasteiger partial charge on any atom is 0.175 e. The van der Waals surface area contributed by atoms with Crippen LogP contribution in [0.25, 0.3) is 11.0 Å². The zero-order valence-corrected chi connectivity index (χ0v) is 23.8. The zero-order chi connectivity index (χ0) is 24.7. The van der Waals surface area contributed by atoms with Crippen LogP contribution in [0.3, 0.4) is 0 Å². The molecule has 0 atom stereocenters. The third-order valence-corrected chi connectivity index (χ3v) is 7.11. The molecule has 1 saturated heterocycles. The van der Waals surface area contributed by atoms with Crippen molar-refractivity contribution < 1.29 is 9.26 Å². The molecule has 204 valence electrons. The van der Waals surface area contributed by atoms with Crippen LogP contribution in [0.15, 0.2) is 71.5 Å². The van der Waals surface area contributed by atoms with Gasteiger partial charge >= 0.3 is 0 Å². The Labute approximate surface area is 238 Å². The second-order valence-corrected chi connectivity index (χ2v) is 10.2. The van der Waals surface area contributed by atoms with Crippen molar-refractivity contribution in [2.24, 2.45) is 5.92 Å². The predicted molar refractivity (Wildman–Crippen MR) is 157 cm³/mol. The van der Waals surface area contributed by atoms with Crippen LogP contribution >= 0.6 is 24.8 Å². The van der Waals surface area contributed by atoms with Crippen molar-refractivity contribution in [1.82, 2.24) is 19.9 Å². The fourth-order valence-corrected chi connectivity index (χ4v) is 5.13. The molecule has 1 aliphatic heterocycles. The summed E-state index contributed by atoms with van der Waals surface area (Å²) in [6.45, 7) is 4.60. The summed E-state index contributed by atoms with van der Waals surface area (Å²) in [6.07, 6.45) is 8.22. The molecule has 4 aromatic rings. The summed E-state index contributed by atoms with van der Waals surface area (Å²) < 4.78 is 12.1. The Morgan fingerprint density at radius 2 is 1.74 bits per heavy atom. The number of ether oxygens (including phenoxy) is 1. The van der Waals surface area contributed by atoms with E-state index in [1.54, 1.807) is 6.20 Å². The van der Waals surface area contributed by atoms with Crippen LogP contribution in [-0.4, -0.2) is 47.1 Å². The SMILES string of the molecule is CN(C)Cc1c(OCc2cccnc2)ccc2c(CCC3CCN(Cc4ccccc4)CC3)noc12.Cl.Cl. The standard InChI is InChI=1S/C30H36N4O2.2ClH/c1-33(2)21-27-29(35-22-25-9-6-16-31-19-25)13-11-26-28(32-36-30(26)27)12-10-23-14-17-34(18-15-23)20-24-7-4-3-5-8-24;;/h3-9,11,13,16,19,23H,10,12,14-15,17-18,20-22H2,1-2H3;2*1H. The van der Waals surface area contributed by atoms with Crippen molar-refractivity contribution in [3.05, 3.63) is 89.4 Å². The van der Waals surface area contributed by atoms with Gasteiger partial charge in [-0.25, -0.2) is 0 Å². The number of likely N-dealkylation sites (tertiary alicyclic amines) is 1. The fourth-order valence-electron chi connectivity index (χ4n) is 5.13. The molecule has 0 radical (unpaired) electrons. The Balaban J connectivity index is 0.00000200. The predicted octanol–water partition coefficient (Wildman–Crippen LogP) is 6.55. The number of rotatable bonds is 10. The number of aromatic nitrogens is 2. The lowest BCUT2D eigenvalue weighted by Crippen LogP contribution is -2.33. The van der Waals surface area contributed by atoms with E-state index in [1.807, 2.05) is 18.3 Å². The maximum atomic E-state index is 6.19. The third-order valence-electron chi connectivity index (χ3n) is 7.11. The average molecular weight is 558 g/mol. The van der Waals surface area contributed by atoms with Gasteiger partial charge in [-0.1, -0.05) is 41.6 Å². The van der Waals surface area contributed by atoms with Crippen molar-refractivity contribution in [3.63, 3.8) is 0 Å². The molecule has 3 heterocycles. The van der Waals surface area contributed by atoms with Crippen LogP contribution in [0.5, 0.6) is 5.75 Å². The first kappa shape index (κ1) is 29.9.